The van der Waals surface area contributed by atoms with E-state index in [4.69, 9.17) is 0 Å². The van der Waals surface area contributed by atoms with Gasteiger partial charge in [0.2, 0.25) is 0 Å². The summed E-state index contributed by atoms with van der Waals surface area (Å²) in [5, 5.41) is 3.82. The molecule has 1 atom stereocenters. The van der Waals surface area contributed by atoms with E-state index in [2.05, 4.69) is 40.0 Å². The predicted molar refractivity (Wildman–Crippen MR) is 83.7 cm³/mol. The normalized spacial score (nSPS) is 12.8. The fourth-order valence-electron chi connectivity index (χ4n) is 2.06. The number of hydrogen-bond acceptors (Lipinski definition) is 2. The molecule has 106 valence electrons. The standard InChI is InChI=1S/C15H23BrN2O/c1-11(2)14(18(3)4)10-17-15(19)13-7-5-12(9-16)6-8-13/h5-8,11,14H,9-10H2,1-4H3,(H,17,19). The summed E-state index contributed by atoms with van der Waals surface area (Å²) in [4.78, 5) is 14.2. The molecule has 0 aliphatic rings. The Balaban J connectivity index is 2.58. The summed E-state index contributed by atoms with van der Waals surface area (Å²) in [5.41, 5.74) is 1.89. The van der Waals surface area contributed by atoms with Gasteiger partial charge in [0.25, 0.3) is 5.91 Å². The van der Waals surface area contributed by atoms with Crippen molar-refractivity contribution in [2.45, 2.75) is 25.2 Å². The minimum atomic E-state index is -0.00591. The van der Waals surface area contributed by atoms with E-state index < -0.39 is 0 Å². The van der Waals surface area contributed by atoms with Gasteiger partial charge in [0.1, 0.15) is 0 Å². The van der Waals surface area contributed by atoms with Gasteiger partial charge in [0.15, 0.2) is 0 Å². The highest BCUT2D eigenvalue weighted by atomic mass is 79.9. The Labute approximate surface area is 124 Å². The first-order chi connectivity index (χ1) is 8.95. The van der Waals surface area contributed by atoms with Crippen LogP contribution in [0.2, 0.25) is 0 Å². The highest BCUT2D eigenvalue weighted by molar-refractivity contribution is 9.08. The maximum Gasteiger partial charge on any atom is 0.251 e. The Morgan fingerprint density at radius 1 is 1.26 bits per heavy atom. The molecule has 1 aromatic carbocycles. The number of hydrogen-bond donors (Lipinski definition) is 1. The number of carbonyl (C=O) groups is 1. The van der Waals surface area contributed by atoms with Gasteiger partial charge < -0.3 is 10.2 Å². The van der Waals surface area contributed by atoms with Gasteiger partial charge in [-0.15, -0.1) is 0 Å². The van der Waals surface area contributed by atoms with Crippen LogP contribution in [-0.2, 0) is 5.33 Å². The Morgan fingerprint density at radius 3 is 2.26 bits per heavy atom. The van der Waals surface area contributed by atoms with Crippen LogP contribution in [0.3, 0.4) is 0 Å². The van der Waals surface area contributed by atoms with Gasteiger partial charge >= 0.3 is 0 Å². The van der Waals surface area contributed by atoms with Gasteiger partial charge in [-0.1, -0.05) is 41.9 Å². The summed E-state index contributed by atoms with van der Waals surface area (Å²) < 4.78 is 0. The molecule has 4 heteroatoms. The molecule has 0 saturated heterocycles. The molecule has 0 radical (unpaired) electrons. The van der Waals surface area contributed by atoms with Crippen LogP contribution >= 0.6 is 15.9 Å². The van der Waals surface area contributed by atoms with Gasteiger partial charge in [-0.25, -0.2) is 0 Å². The van der Waals surface area contributed by atoms with Crippen LogP contribution < -0.4 is 5.32 Å². The van der Waals surface area contributed by atoms with Crippen molar-refractivity contribution in [2.75, 3.05) is 20.6 Å². The quantitative estimate of drug-likeness (QED) is 0.815. The summed E-state index contributed by atoms with van der Waals surface area (Å²) in [6.07, 6.45) is 0. The van der Waals surface area contributed by atoms with E-state index in [0.29, 0.717) is 24.1 Å². The van der Waals surface area contributed by atoms with Gasteiger partial charge in [-0.05, 0) is 37.7 Å². The van der Waals surface area contributed by atoms with Crippen molar-refractivity contribution in [1.29, 1.82) is 0 Å². The Morgan fingerprint density at radius 2 is 1.84 bits per heavy atom. The molecule has 0 saturated carbocycles. The molecule has 1 unspecified atom stereocenters. The van der Waals surface area contributed by atoms with Crippen LogP contribution in [0.25, 0.3) is 0 Å². The molecule has 0 aliphatic carbocycles. The third-order valence-corrected chi connectivity index (χ3v) is 3.92. The molecule has 1 rings (SSSR count). The average Bonchev–Trinajstić information content (AvgIpc) is 2.38. The first-order valence-corrected chi connectivity index (χ1v) is 7.67. The van der Waals surface area contributed by atoms with E-state index in [1.165, 1.54) is 5.56 Å². The van der Waals surface area contributed by atoms with Crippen LogP contribution in [0.1, 0.15) is 29.8 Å². The van der Waals surface area contributed by atoms with Crippen molar-refractivity contribution < 1.29 is 4.79 Å². The highest BCUT2D eigenvalue weighted by Crippen LogP contribution is 2.09. The minimum Gasteiger partial charge on any atom is -0.350 e. The molecule has 3 nitrogen and oxygen atoms in total. The topological polar surface area (TPSA) is 32.3 Å². The second-order valence-electron chi connectivity index (χ2n) is 5.32. The Hall–Kier alpha value is -0.870. The largest absolute Gasteiger partial charge is 0.350 e. The van der Waals surface area contributed by atoms with Gasteiger partial charge in [0.05, 0.1) is 0 Å². The van der Waals surface area contributed by atoms with Crippen LogP contribution in [-0.4, -0.2) is 37.5 Å². The van der Waals surface area contributed by atoms with Crippen LogP contribution in [0.15, 0.2) is 24.3 Å². The van der Waals surface area contributed by atoms with Crippen molar-refractivity contribution in [1.82, 2.24) is 10.2 Å². The number of carbonyl (C=O) groups excluding carboxylic acids is 1. The van der Waals surface area contributed by atoms with Gasteiger partial charge in [-0.2, -0.15) is 0 Å². The van der Waals surface area contributed by atoms with Crippen molar-refractivity contribution in [2.24, 2.45) is 5.92 Å². The number of likely N-dealkylation sites (N-methyl/N-ethyl adjacent to an activating group) is 1. The van der Waals surface area contributed by atoms with Crippen molar-refractivity contribution in [3.8, 4) is 0 Å². The molecule has 0 aromatic heterocycles. The molecule has 0 bridgehead atoms. The number of amides is 1. The highest BCUT2D eigenvalue weighted by Gasteiger charge is 2.16. The maximum atomic E-state index is 12.1. The fraction of sp³-hybridized carbons (Fsp3) is 0.533. The van der Waals surface area contributed by atoms with Crippen molar-refractivity contribution in [3.05, 3.63) is 35.4 Å². The Kier molecular flexibility index (Phi) is 6.52. The zero-order chi connectivity index (χ0) is 14.4. The zero-order valence-corrected chi connectivity index (χ0v) is 13.7. The summed E-state index contributed by atoms with van der Waals surface area (Å²) in [6.45, 7) is 5.01. The lowest BCUT2D eigenvalue weighted by Crippen LogP contribution is -2.43. The number of nitrogens with one attached hydrogen (secondary N) is 1. The molecule has 1 amide bonds. The second kappa shape index (κ2) is 7.65. The minimum absolute atomic E-state index is 0.00591. The summed E-state index contributed by atoms with van der Waals surface area (Å²) in [5.74, 6) is 0.500. The summed E-state index contributed by atoms with van der Waals surface area (Å²) >= 11 is 3.39. The van der Waals surface area contributed by atoms with E-state index in [0.717, 1.165) is 5.33 Å². The molecular formula is C15H23BrN2O. The first-order valence-electron chi connectivity index (χ1n) is 6.55. The molecule has 0 aliphatic heterocycles. The summed E-state index contributed by atoms with van der Waals surface area (Å²) in [6, 6.07) is 8.02. The number of nitrogens with zero attached hydrogens (tertiary/aromatic N) is 1. The fourth-order valence-corrected chi connectivity index (χ4v) is 2.43. The van der Waals surface area contributed by atoms with Crippen LogP contribution in [0, 0.1) is 5.92 Å². The monoisotopic (exact) mass is 326 g/mol. The van der Waals surface area contributed by atoms with Crippen molar-refractivity contribution in [3.63, 3.8) is 0 Å². The molecule has 0 fully saturated rings. The third kappa shape index (κ3) is 4.96. The lowest BCUT2D eigenvalue weighted by Gasteiger charge is -2.28. The van der Waals surface area contributed by atoms with E-state index in [1.54, 1.807) is 0 Å². The third-order valence-electron chi connectivity index (χ3n) is 3.28. The molecule has 1 N–H and O–H groups in total. The number of halogens is 1. The zero-order valence-electron chi connectivity index (χ0n) is 12.1. The number of benzene rings is 1. The first kappa shape index (κ1) is 16.2. The molecule has 0 heterocycles. The lowest BCUT2D eigenvalue weighted by molar-refractivity contribution is 0.0934. The van der Waals surface area contributed by atoms with E-state index in [9.17, 15) is 4.79 Å². The van der Waals surface area contributed by atoms with Crippen LogP contribution in [0.5, 0.6) is 0 Å². The molecular weight excluding hydrogens is 304 g/mol. The predicted octanol–water partition coefficient (Wildman–Crippen LogP) is 2.90. The van der Waals surface area contributed by atoms with Gasteiger partial charge in [-0.3, -0.25) is 4.79 Å². The number of rotatable bonds is 6. The SMILES string of the molecule is CC(C)C(CNC(=O)c1ccc(CBr)cc1)N(C)C. The van der Waals surface area contributed by atoms with E-state index in [1.807, 2.05) is 38.4 Å². The van der Waals surface area contributed by atoms with Gasteiger partial charge in [0, 0.05) is 23.5 Å². The molecule has 0 spiro atoms. The second-order valence-corrected chi connectivity index (χ2v) is 5.88. The maximum absolute atomic E-state index is 12.1. The Bertz CT molecular complexity index is 393. The number of alkyl halides is 1. The summed E-state index contributed by atoms with van der Waals surface area (Å²) in [7, 11) is 4.09. The van der Waals surface area contributed by atoms with Crippen LogP contribution in [0.4, 0.5) is 0 Å². The molecule has 19 heavy (non-hydrogen) atoms. The lowest BCUT2D eigenvalue weighted by atomic mass is 10.0. The van der Waals surface area contributed by atoms with Crippen molar-refractivity contribution >= 4 is 21.8 Å². The smallest absolute Gasteiger partial charge is 0.251 e. The van der Waals surface area contributed by atoms with E-state index >= 15 is 0 Å². The van der Waals surface area contributed by atoms with E-state index in [-0.39, 0.29) is 5.91 Å². The average molecular weight is 327 g/mol. The molecule has 1 aromatic rings.